The first-order valence-corrected chi connectivity index (χ1v) is 3.95. The smallest absolute Gasteiger partial charge is 0.305 e. The molecule has 0 unspecified atom stereocenters. The number of nitrogens with zero attached hydrogens (tertiary/aromatic N) is 1. The summed E-state index contributed by atoms with van der Waals surface area (Å²) in [5.41, 5.74) is 5.24. The second-order valence-electron chi connectivity index (χ2n) is 2.61. The molecule has 0 saturated carbocycles. The Bertz CT molecular complexity index is 377. The van der Waals surface area contributed by atoms with Gasteiger partial charge in [-0.05, 0) is 11.6 Å². The van der Waals surface area contributed by atoms with Crippen LogP contribution in [0, 0.1) is 15.9 Å². The molecule has 0 aliphatic carbocycles. The highest BCUT2D eigenvalue weighted by Crippen LogP contribution is 2.18. The van der Waals surface area contributed by atoms with Gasteiger partial charge in [-0.2, -0.15) is 4.39 Å². The monoisotopic (exact) mass is 196 g/mol. The first-order valence-electron chi connectivity index (χ1n) is 3.95. The SMILES string of the molecule is NC/C=C/c1ccc(F)c([N+](=O)[O-])c1. The fourth-order valence-corrected chi connectivity index (χ4v) is 0.977. The molecular weight excluding hydrogens is 187 g/mol. The number of nitro groups is 1. The lowest BCUT2D eigenvalue weighted by Crippen LogP contribution is -1.94. The van der Waals surface area contributed by atoms with E-state index in [-0.39, 0.29) is 0 Å². The third-order valence-corrected chi connectivity index (χ3v) is 1.61. The predicted molar refractivity (Wildman–Crippen MR) is 51.1 cm³/mol. The maximum atomic E-state index is 12.9. The Morgan fingerprint density at radius 3 is 2.86 bits per heavy atom. The average molecular weight is 196 g/mol. The van der Waals surface area contributed by atoms with Gasteiger partial charge in [0.25, 0.3) is 0 Å². The van der Waals surface area contributed by atoms with E-state index < -0.39 is 16.4 Å². The predicted octanol–water partition coefficient (Wildman–Crippen LogP) is 1.71. The van der Waals surface area contributed by atoms with Crippen LogP contribution >= 0.6 is 0 Å². The van der Waals surface area contributed by atoms with Crippen LogP contribution in [0.25, 0.3) is 6.08 Å². The van der Waals surface area contributed by atoms with E-state index in [2.05, 4.69) is 0 Å². The lowest BCUT2D eigenvalue weighted by molar-refractivity contribution is -0.387. The van der Waals surface area contributed by atoms with E-state index >= 15 is 0 Å². The van der Waals surface area contributed by atoms with Crippen LogP contribution in [0.1, 0.15) is 5.56 Å². The molecule has 14 heavy (non-hydrogen) atoms. The van der Waals surface area contributed by atoms with Gasteiger partial charge in [-0.25, -0.2) is 0 Å². The number of hydrogen-bond donors (Lipinski definition) is 1. The first kappa shape index (κ1) is 10.3. The summed E-state index contributed by atoms with van der Waals surface area (Å²) in [6.45, 7) is 0.338. The van der Waals surface area contributed by atoms with Crippen molar-refractivity contribution in [3.05, 3.63) is 45.8 Å². The number of hydrogen-bond acceptors (Lipinski definition) is 3. The lowest BCUT2D eigenvalue weighted by Gasteiger charge is -1.95. The maximum absolute atomic E-state index is 12.9. The molecule has 1 rings (SSSR count). The van der Waals surface area contributed by atoms with Crippen LogP contribution in [0.15, 0.2) is 24.3 Å². The van der Waals surface area contributed by atoms with Gasteiger partial charge in [-0.1, -0.05) is 18.2 Å². The number of rotatable bonds is 3. The summed E-state index contributed by atoms with van der Waals surface area (Å²) in [5.74, 6) is -0.833. The van der Waals surface area contributed by atoms with E-state index in [1.54, 1.807) is 12.2 Å². The van der Waals surface area contributed by atoms with Crippen LogP contribution in [0.2, 0.25) is 0 Å². The minimum absolute atomic E-state index is 0.338. The van der Waals surface area contributed by atoms with E-state index in [9.17, 15) is 14.5 Å². The molecule has 0 amide bonds. The van der Waals surface area contributed by atoms with Crippen LogP contribution in [-0.4, -0.2) is 11.5 Å². The zero-order chi connectivity index (χ0) is 10.6. The third kappa shape index (κ3) is 2.37. The Kier molecular flexibility index (Phi) is 3.30. The molecule has 0 aliphatic rings. The van der Waals surface area contributed by atoms with Crippen molar-refractivity contribution in [3.63, 3.8) is 0 Å². The molecule has 0 atom stereocenters. The van der Waals surface area contributed by atoms with Gasteiger partial charge in [-0.3, -0.25) is 10.1 Å². The summed E-state index contributed by atoms with van der Waals surface area (Å²) >= 11 is 0. The van der Waals surface area contributed by atoms with Crippen molar-refractivity contribution in [2.75, 3.05) is 6.54 Å². The van der Waals surface area contributed by atoms with E-state index in [4.69, 9.17) is 5.73 Å². The molecule has 0 fully saturated rings. The van der Waals surface area contributed by atoms with Gasteiger partial charge in [-0.15, -0.1) is 0 Å². The van der Waals surface area contributed by atoms with Crippen molar-refractivity contribution in [1.29, 1.82) is 0 Å². The zero-order valence-corrected chi connectivity index (χ0v) is 7.31. The van der Waals surface area contributed by atoms with Gasteiger partial charge in [0.15, 0.2) is 0 Å². The number of nitrogens with two attached hydrogens (primary N) is 1. The highest BCUT2D eigenvalue weighted by Gasteiger charge is 2.12. The van der Waals surface area contributed by atoms with E-state index in [1.165, 1.54) is 12.1 Å². The molecule has 0 heterocycles. The summed E-state index contributed by atoms with van der Waals surface area (Å²) < 4.78 is 12.9. The highest BCUT2D eigenvalue weighted by atomic mass is 19.1. The number of benzene rings is 1. The van der Waals surface area contributed by atoms with E-state index in [0.717, 1.165) is 6.07 Å². The second-order valence-corrected chi connectivity index (χ2v) is 2.61. The summed E-state index contributed by atoms with van der Waals surface area (Å²) in [4.78, 5) is 9.61. The molecule has 1 aromatic carbocycles. The Hall–Kier alpha value is -1.75. The van der Waals surface area contributed by atoms with Crippen LogP contribution in [0.4, 0.5) is 10.1 Å². The summed E-state index contributed by atoms with van der Waals surface area (Å²) in [6.07, 6.45) is 3.24. The van der Waals surface area contributed by atoms with Crippen LogP contribution in [-0.2, 0) is 0 Å². The second kappa shape index (κ2) is 4.48. The van der Waals surface area contributed by atoms with Gasteiger partial charge in [0, 0.05) is 12.6 Å². The lowest BCUT2D eigenvalue weighted by atomic mass is 10.2. The summed E-state index contributed by atoms with van der Waals surface area (Å²) in [7, 11) is 0. The topological polar surface area (TPSA) is 69.2 Å². The molecule has 5 heteroatoms. The molecule has 0 aromatic heterocycles. The fourth-order valence-electron chi connectivity index (χ4n) is 0.977. The number of halogens is 1. The van der Waals surface area contributed by atoms with Gasteiger partial charge >= 0.3 is 5.69 Å². The Morgan fingerprint density at radius 1 is 1.57 bits per heavy atom. The molecule has 0 bridgehead atoms. The third-order valence-electron chi connectivity index (χ3n) is 1.61. The zero-order valence-electron chi connectivity index (χ0n) is 7.31. The van der Waals surface area contributed by atoms with Crippen LogP contribution in [0.5, 0.6) is 0 Å². The standard InChI is InChI=1S/C9H9FN2O2/c10-8-4-3-7(2-1-5-11)6-9(8)12(13)14/h1-4,6H,5,11H2/b2-1+. The molecular formula is C9H9FN2O2. The van der Waals surface area contributed by atoms with Crippen molar-refractivity contribution < 1.29 is 9.31 Å². The van der Waals surface area contributed by atoms with Gasteiger partial charge in [0.05, 0.1) is 4.92 Å². The normalized spacial score (nSPS) is 10.7. The molecule has 0 radical (unpaired) electrons. The summed E-state index contributed by atoms with van der Waals surface area (Å²) in [5, 5.41) is 10.4. The molecule has 74 valence electrons. The Balaban J connectivity index is 3.06. The Morgan fingerprint density at radius 2 is 2.29 bits per heavy atom. The van der Waals surface area contributed by atoms with Crippen LogP contribution < -0.4 is 5.73 Å². The molecule has 1 aromatic rings. The average Bonchev–Trinajstić information content (AvgIpc) is 2.16. The van der Waals surface area contributed by atoms with Gasteiger partial charge in [0.1, 0.15) is 0 Å². The highest BCUT2D eigenvalue weighted by molar-refractivity contribution is 5.53. The van der Waals surface area contributed by atoms with Crippen molar-refractivity contribution in [3.8, 4) is 0 Å². The largest absolute Gasteiger partial charge is 0.327 e. The van der Waals surface area contributed by atoms with Crippen molar-refractivity contribution in [1.82, 2.24) is 0 Å². The molecule has 0 aliphatic heterocycles. The first-order chi connectivity index (χ1) is 6.65. The molecule has 0 saturated heterocycles. The fraction of sp³-hybridized carbons (Fsp3) is 0.111. The maximum Gasteiger partial charge on any atom is 0.305 e. The minimum Gasteiger partial charge on any atom is -0.327 e. The van der Waals surface area contributed by atoms with Crippen molar-refractivity contribution in [2.24, 2.45) is 5.73 Å². The Labute approximate surface area is 80.0 Å². The van der Waals surface area contributed by atoms with Crippen LogP contribution in [0.3, 0.4) is 0 Å². The van der Waals surface area contributed by atoms with E-state index in [1.807, 2.05) is 0 Å². The van der Waals surface area contributed by atoms with E-state index in [0.29, 0.717) is 12.1 Å². The number of nitro benzene ring substituents is 1. The van der Waals surface area contributed by atoms with Gasteiger partial charge in [0.2, 0.25) is 5.82 Å². The molecule has 2 N–H and O–H groups in total. The van der Waals surface area contributed by atoms with Crippen molar-refractivity contribution >= 4 is 11.8 Å². The molecule has 4 nitrogen and oxygen atoms in total. The molecule has 0 spiro atoms. The van der Waals surface area contributed by atoms with Crippen molar-refractivity contribution in [2.45, 2.75) is 0 Å². The quantitative estimate of drug-likeness (QED) is 0.591. The summed E-state index contributed by atoms with van der Waals surface area (Å²) in [6, 6.07) is 3.68. The minimum atomic E-state index is -0.833. The van der Waals surface area contributed by atoms with Gasteiger partial charge < -0.3 is 5.73 Å².